The number of anilines is 5. The van der Waals surface area contributed by atoms with Gasteiger partial charge >= 0.3 is 0 Å². The highest BCUT2D eigenvalue weighted by molar-refractivity contribution is 6.16. The Labute approximate surface area is 396 Å². The molecular weight excluding hydrogens is 817 g/mol. The second kappa shape index (κ2) is 22.1. The molecule has 4 N–H and O–H groups in total. The number of fused-ring (bicyclic) bond motifs is 5. The van der Waals surface area contributed by atoms with Crippen molar-refractivity contribution in [3.63, 3.8) is 0 Å². The number of hydrogen-bond acceptors (Lipinski definition) is 12. The number of allylic oxidation sites excluding steroid dienone is 2. The maximum atomic E-state index is 8.29. The van der Waals surface area contributed by atoms with Gasteiger partial charge in [0.2, 0.25) is 5.96 Å². The molecule has 2 atom stereocenters. The molecule has 2 saturated heterocycles. The molecule has 352 valence electrons. The topological polar surface area (TPSA) is 105 Å². The number of benzene rings is 2. The van der Waals surface area contributed by atoms with Crippen LogP contribution in [0.25, 0.3) is 11.3 Å². The van der Waals surface area contributed by atoms with Gasteiger partial charge < -0.3 is 41.0 Å². The van der Waals surface area contributed by atoms with Gasteiger partial charge in [0.1, 0.15) is 0 Å². The second-order valence-electron chi connectivity index (χ2n) is 18.8. The van der Waals surface area contributed by atoms with Crippen molar-refractivity contribution in [3.05, 3.63) is 121 Å². The lowest BCUT2D eigenvalue weighted by Crippen LogP contribution is -2.53. The van der Waals surface area contributed by atoms with Gasteiger partial charge in [-0.15, -0.1) is 0 Å². The summed E-state index contributed by atoms with van der Waals surface area (Å²) >= 11 is 0. The van der Waals surface area contributed by atoms with E-state index in [9.17, 15) is 0 Å². The number of hydrogen-bond donors (Lipinski definition) is 4. The zero-order valence-corrected chi connectivity index (χ0v) is 40.8. The predicted molar refractivity (Wildman–Crippen MR) is 282 cm³/mol. The molecule has 0 saturated carbocycles. The number of nitrogens with one attached hydrogen (secondary N) is 4. The molecule has 1 aromatic heterocycles. The molecule has 0 amide bonds. The van der Waals surface area contributed by atoms with Gasteiger partial charge in [-0.3, -0.25) is 14.8 Å². The molecule has 12 heteroatoms. The first kappa shape index (κ1) is 48.1. The van der Waals surface area contributed by atoms with Crippen LogP contribution in [-0.2, 0) is 6.54 Å². The number of guanidine groups is 1. The van der Waals surface area contributed by atoms with E-state index in [1.54, 1.807) is 6.20 Å². The molecule has 2 fully saturated rings. The fraction of sp³-hybridized carbons (Fsp3) is 0.463. The first-order valence-electron chi connectivity index (χ1n) is 24.3. The summed E-state index contributed by atoms with van der Waals surface area (Å²) in [5.41, 5.74) is 13.3. The lowest BCUT2D eigenvalue weighted by Gasteiger charge is -2.44. The Morgan fingerprint density at radius 3 is 2.45 bits per heavy atom. The number of piperazine rings is 1. The van der Waals surface area contributed by atoms with Crippen LogP contribution >= 0.6 is 0 Å². The third-order valence-corrected chi connectivity index (χ3v) is 13.9. The molecule has 7 rings (SSSR count). The lowest BCUT2D eigenvalue weighted by molar-refractivity contribution is 0.0812. The maximum Gasteiger partial charge on any atom is 0.208 e. The van der Waals surface area contributed by atoms with Crippen molar-refractivity contribution >= 4 is 51.9 Å². The Kier molecular flexibility index (Phi) is 16.1. The smallest absolute Gasteiger partial charge is 0.208 e. The van der Waals surface area contributed by atoms with Crippen LogP contribution in [0, 0.1) is 18.3 Å². The Bertz CT molecular complexity index is 2290. The number of rotatable bonds is 15. The van der Waals surface area contributed by atoms with Gasteiger partial charge in [0.25, 0.3) is 0 Å². The average molecular weight is 893 g/mol. The quantitative estimate of drug-likeness (QED) is 0.110. The monoisotopic (exact) mass is 893 g/mol. The van der Waals surface area contributed by atoms with Gasteiger partial charge in [0, 0.05) is 114 Å². The normalized spacial score (nSPS) is 21.2. The van der Waals surface area contributed by atoms with E-state index in [2.05, 4.69) is 136 Å². The molecular formula is C54H76N12. The summed E-state index contributed by atoms with van der Waals surface area (Å²) in [6.45, 7) is 31.7. The minimum absolute atomic E-state index is 0.0644. The molecule has 4 aliphatic heterocycles. The maximum absolute atomic E-state index is 8.29. The summed E-state index contributed by atoms with van der Waals surface area (Å²) in [6, 6.07) is 18.3. The van der Waals surface area contributed by atoms with E-state index in [0.29, 0.717) is 17.7 Å². The summed E-state index contributed by atoms with van der Waals surface area (Å²) in [7, 11) is 6.25. The highest BCUT2D eigenvalue weighted by Gasteiger charge is 2.32. The summed E-state index contributed by atoms with van der Waals surface area (Å²) in [4.78, 5) is 24.9. The van der Waals surface area contributed by atoms with Crippen molar-refractivity contribution in [2.75, 3.05) is 91.9 Å². The molecule has 66 heavy (non-hydrogen) atoms. The van der Waals surface area contributed by atoms with E-state index >= 15 is 0 Å². The molecule has 4 aliphatic rings. The highest BCUT2D eigenvalue weighted by atomic mass is 15.4. The molecule has 1 unspecified atom stereocenters. The minimum Gasteiger partial charge on any atom is -0.391 e. The Hall–Kier alpha value is -5.85. The van der Waals surface area contributed by atoms with Crippen molar-refractivity contribution in [2.24, 2.45) is 10.9 Å². The summed E-state index contributed by atoms with van der Waals surface area (Å²) in [5, 5.41) is 18.6. The zero-order chi connectivity index (χ0) is 46.9. The fourth-order valence-electron chi connectivity index (χ4n) is 10.5. The van der Waals surface area contributed by atoms with E-state index in [0.717, 1.165) is 155 Å². The molecule has 2 aromatic carbocycles. The molecule has 0 spiro atoms. The SMILES string of the molecule is C=CNC(=C)C(CCC)N(C=C)c1cccc(N2CCC(N3CCN(Cc4ccc5c(c4)N4C[C@H](C)CCCC/C(NC)=C(/C=N)c6cc(cc(C)n6)C(=C)/N=C/4N5)CC3)CC2)c1N(C)C. The van der Waals surface area contributed by atoms with Gasteiger partial charge in [0.15, 0.2) is 0 Å². The first-order valence-corrected chi connectivity index (χ1v) is 24.3. The lowest BCUT2D eigenvalue weighted by atomic mass is 9.99. The van der Waals surface area contributed by atoms with E-state index in [1.165, 1.54) is 28.8 Å². The van der Waals surface area contributed by atoms with E-state index in [4.69, 9.17) is 15.4 Å². The van der Waals surface area contributed by atoms with Gasteiger partial charge in [0.05, 0.1) is 45.9 Å². The average Bonchev–Trinajstić information content (AvgIpc) is 3.64. The fourth-order valence-corrected chi connectivity index (χ4v) is 10.5. The minimum atomic E-state index is 0.0644. The Morgan fingerprint density at radius 1 is 1.00 bits per heavy atom. The number of aliphatic imine (C=N–C) groups is 1. The molecule has 0 aliphatic carbocycles. The van der Waals surface area contributed by atoms with Gasteiger partial charge in [-0.05, 0) is 106 Å². The predicted octanol–water partition coefficient (Wildman–Crippen LogP) is 9.66. The van der Waals surface area contributed by atoms with E-state index < -0.39 is 0 Å². The molecule has 12 nitrogen and oxygen atoms in total. The molecule has 2 bridgehead atoms. The van der Waals surface area contributed by atoms with Crippen LogP contribution in [0.1, 0.15) is 87.7 Å². The van der Waals surface area contributed by atoms with Crippen LogP contribution in [-0.4, -0.2) is 106 Å². The summed E-state index contributed by atoms with van der Waals surface area (Å²) in [5.74, 6) is 1.27. The Morgan fingerprint density at radius 2 is 1.77 bits per heavy atom. The van der Waals surface area contributed by atoms with Gasteiger partial charge in [-0.1, -0.05) is 65.1 Å². The van der Waals surface area contributed by atoms with Crippen LogP contribution in [0.15, 0.2) is 104 Å². The van der Waals surface area contributed by atoms with Gasteiger partial charge in [-0.2, -0.15) is 0 Å². The zero-order valence-electron chi connectivity index (χ0n) is 40.8. The van der Waals surface area contributed by atoms with Crippen LogP contribution in [0.4, 0.5) is 28.4 Å². The summed E-state index contributed by atoms with van der Waals surface area (Å²) in [6.07, 6.45) is 13.5. The molecule has 3 aromatic rings. The van der Waals surface area contributed by atoms with Crippen molar-refractivity contribution in [3.8, 4) is 0 Å². The van der Waals surface area contributed by atoms with Gasteiger partial charge in [-0.25, -0.2) is 4.99 Å². The number of aryl methyl sites for hydroxylation is 1. The number of nitrogens with zero attached hydrogens (tertiary/aromatic N) is 8. The van der Waals surface area contributed by atoms with Crippen molar-refractivity contribution in [2.45, 2.75) is 90.8 Å². The first-order chi connectivity index (χ1) is 32.0. The largest absolute Gasteiger partial charge is 0.391 e. The molecule has 5 heterocycles. The second-order valence-corrected chi connectivity index (χ2v) is 18.8. The Balaban J connectivity index is 1.00. The summed E-state index contributed by atoms with van der Waals surface area (Å²) < 4.78 is 0. The standard InChI is InChI=1S/C54H76N12/c1-11-17-49(41(7)57-12-2)65(13-3)51-21-16-20-50(53(51)61(9)10)64-26-24-44(25-27-64)63-30-28-62(29-31-63)37-42-22-23-47-52(33-42)66-36-38(4)18-14-15-19-46(56-8)45(35-55)48-34-43(32-39(5)58-48)40(6)59-54(66)60-47/h12-13,16,20-23,32-35,38,44,49,55-57H,2-3,6-7,11,14-15,17-19,24-31,36-37H2,1,4-5,8-10H3,(H,59,60)/b46-45+,55-35?/t38-,49?/m1/s1. The number of pyridine rings is 1. The number of aromatic nitrogens is 1. The number of piperidine rings is 1. The van der Waals surface area contributed by atoms with E-state index in [1.807, 2.05) is 32.3 Å². The highest BCUT2D eigenvalue weighted by Crippen LogP contribution is 2.42. The van der Waals surface area contributed by atoms with Crippen molar-refractivity contribution in [1.82, 2.24) is 25.4 Å². The van der Waals surface area contributed by atoms with Crippen LogP contribution in [0.5, 0.6) is 0 Å². The number of para-hydroxylation sites is 1. The van der Waals surface area contributed by atoms with E-state index in [-0.39, 0.29) is 6.04 Å². The van der Waals surface area contributed by atoms with Crippen LogP contribution in [0.2, 0.25) is 0 Å². The third kappa shape index (κ3) is 10.9. The van der Waals surface area contributed by atoms with Crippen molar-refractivity contribution in [1.29, 1.82) is 5.41 Å². The molecule has 0 radical (unpaired) electrons. The van der Waals surface area contributed by atoms with Crippen LogP contribution < -0.4 is 35.6 Å². The van der Waals surface area contributed by atoms with Crippen LogP contribution in [0.3, 0.4) is 0 Å². The third-order valence-electron chi connectivity index (χ3n) is 13.9. The van der Waals surface area contributed by atoms with Crippen molar-refractivity contribution < 1.29 is 0 Å².